The highest BCUT2D eigenvalue weighted by molar-refractivity contribution is 5.85. The van der Waals surface area contributed by atoms with Crippen LogP contribution in [0.2, 0.25) is 0 Å². The van der Waals surface area contributed by atoms with Gasteiger partial charge in [0.15, 0.2) is 0 Å². The van der Waals surface area contributed by atoms with Gasteiger partial charge < -0.3 is 16.0 Å². The zero-order valence-electron chi connectivity index (χ0n) is 13.1. The fourth-order valence-electron chi connectivity index (χ4n) is 2.44. The van der Waals surface area contributed by atoms with Crippen LogP contribution in [0.25, 0.3) is 0 Å². The largest absolute Gasteiger partial charge is 0.356 e. The fourth-order valence-corrected chi connectivity index (χ4v) is 2.44. The van der Waals surface area contributed by atoms with Gasteiger partial charge in [0.25, 0.3) is 0 Å². The molecule has 0 radical (unpaired) electrons. The average Bonchev–Trinajstić information content (AvgIpc) is 2.46. The van der Waals surface area contributed by atoms with Crippen LogP contribution in [-0.2, 0) is 9.59 Å². The molecule has 3 N–H and O–H groups in total. The van der Waals surface area contributed by atoms with Crippen molar-refractivity contribution in [1.29, 1.82) is 0 Å². The van der Waals surface area contributed by atoms with Crippen LogP contribution >= 0.6 is 12.4 Å². The van der Waals surface area contributed by atoms with E-state index in [9.17, 15) is 9.59 Å². The first-order valence-electron chi connectivity index (χ1n) is 7.96. The van der Waals surface area contributed by atoms with Gasteiger partial charge in [-0.2, -0.15) is 0 Å². The quantitative estimate of drug-likeness (QED) is 0.604. The van der Waals surface area contributed by atoms with E-state index >= 15 is 0 Å². The maximum atomic E-state index is 11.6. The standard InChI is InChI=1S/C15H29N3O2.ClH/c1-2-9-17-14(19)6-3-7-15(20)18-11-8-13-5-4-10-16-12-13;/h13,16H,2-12H2,1H3,(H,17,19)(H,18,20);1H. The first kappa shape index (κ1) is 20.2. The summed E-state index contributed by atoms with van der Waals surface area (Å²) in [6.07, 6.45) is 6.03. The van der Waals surface area contributed by atoms with E-state index in [2.05, 4.69) is 16.0 Å². The number of rotatable bonds is 9. The minimum atomic E-state index is 0. The van der Waals surface area contributed by atoms with Gasteiger partial charge in [-0.05, 0) is 51.1 Å². The van der Waals surface area contributed by atoms with Crippen LogP contribution in [0.15, 0.2) is 0 Å². The molecule has 1 atom stereocenters. The molecule has 1 aliphatic heterocycles. The maximum Gasteiger partial charge on any atom is 0.220 e. The Labute approximate surface area is 134 Å². The van der Waals surface area contributed by atoms with Crippen molar-refractivity contribution in [3.8, 4) is 0 Å². The van der Waals surface area contributed by atoms with Crippen molar-refractivity contribution in [3.63, 3.8) is 0 Å². The highest BCUT2D eigenvalue weighted by Crippen LogP contribution is 2.12. The summed E-state index contributed by atoms with van der Waals surface area (Å²) in [5.74, 6) is 0.814. The second-order valence-electron chi connectivity index (χ2n) is 5.55. The van der Waals surface area contributed by atoms with E-state index in [1.807, 2.05) is 6.92 Å². The number of hydrogen-bond donors (Lipinski definition) is 3. The van der Waals surface area contributed by atoms with Crippen molar-refractivity contribution in [3.05, 3.63) is 0 Å². The normalized spacial score (nSPS) is 17.7. The fraction of sp³-hybridized carbons (Fsp3) is 0.867. The molecular weight excluding hydrogens is 290 g/mol. The Morgan fingerprint density at radius 2 is 1.81 bits per heavy atom. The molecule has 1 heterocycles. The van der Waals surface area contributed by atoms with Crippen molar-refractivity contribution < 1.29 is 9.59 Å². The SMILES string of the molecule is CCCNC(=O)CCCC(=O)NCCC1CCCNC1.Cl. The van der Waals surface area contributed by atoms with Crippen LogP contribution in [0.5, 0.6) is 0 Å². The molecule has 124 valence electrons. The zero-order chi connectivity index (χ0) is 14.6. The molecule has 0 bridgehead atoms. The maximum absolute atomic E-state index is 11.6. The van der Waals surface area contributed by atoms with Gasteiger partial charge in [0.05, 0.1) is 0 Å². The number of halogens is 1. The van der Waals surface area contributed by atoms with Crippen molar-refractivity contribution in [1.82, 2.24) is 16.0 Å². The lowest BCUT2D eigenvalue weighted by molar-refractivity contribution is -0.122. The third kappa shape index (κ3) is 10.5. The number of amides is 2. The second kappa shape index (κ2) is 12.9. The molecule has 0 aromatic carbocycles. The molecule has 1 fully saturated rings. The Kier molecular flexibility index (Phi) is 12.4. The summed E-state index contributed by atoms with van der Waals surface area (Å²) in [7, 11) is 0. The van der Waals surface area contributed by atoms with E-state index < -0.39 is 0 Å². The van der Waals surface area contributed by atoms with Gasteiger partial charge in [-0.3, -0.25) is 9.59 Å². The zero-order valence-corrected chi connectivity index (χ0v) is 13.9. The van der Waals surface area contributed by atoms with Gasteiger partial charge in [-0.1, -0.05) is 6.92 Å². The third-order valence-corrected chi connectivity index (χ3v) is 3.65. The van der Waals surface area contributed by atoms with Crippen molar-refractivity contribution >= 4 is 24.2 Å². The minimum Gasteiger partial charge on any atom is -0.356 e. The summed E-state index contributed by atoms with van der Waals surface area (Å²) < 4.78 is 0. The Bertz CT molecular complexity index is 295. The lowest BCUT2D eigenvalue weighted by Gasteiger charge is -2.22. The summed E-state index contributed by atoms with van der Waals surface area (Å²) in [6, 6.07) is 0. The van der Waals surface area contributed by atoms with Crippen molar-refractivity contribution in [2.24, 2.45) is 5.92 Å². The molecule has 1 unspecified atom stereocenters. The van der Waals surface area contributed by atoms with Crippen molar-refractivity contribution in [2.75, 3.05) is 26.2 Å². The molecule has 0 spiro atoms. The van der Waals surface area contributed by atoms with Gasteiger partial charge in [-0.25, -0.2) is 0 Å². The molecule has 0 aromatic heterocycles. The summed E-state index contributed by atoms with van der Waals surface area (Å²) in [4.78, 5) is 23.0. The number of nitrogens with one attached hydrogen (secondary N) is 3. The summed E-state index contributed by atoms with van der Waals surface area (Å²) >= 11 is 0. The molecule has 1 saturated heterocycles. The van der Waals surface area contributed by atoms with Gasteiger partial charge in [0.2, 0.25) is 11.8 Å². The van der Waals surface area contributed by atoms with Crippen LogP contribution in [0.4, 0.5) is 0 Å². The molecule has 1 aliphatic rings. The summed E-state index contributed by atoms with van der Waals surface area (Å²) in [6.45, 7) is 5.71. The predicted molar refractivity (Wildman–Crippen MR) is 87.6 cm³/mol. The van der Waals surface area contributed by atoms with E-state index in [0.29, 0.717) is 25.2 Å². The summed E-state index contributed by atoms with van der Waals surface area (Å²) in [5, 5.41) is 9.14. The Morgan fingerprint density at radius 3 is 2.38 bits per heavy atom. The van der Waals surface area contributed by atoms with Gasteiger partial charge in [-0.15, -0.1) is 12.4 Å². The first-order chi connectivity index (χ1) is 9.72. The van der Waals surface area contributed by atoms with Gasteiger partial charge in [0.1, 0.15) is 0 Å². The predicted octanol–water partition coefficient (Wildman–Crippen LogP) is 1.61. The van der Waals surface area contributed by atoms with Crippen molar-refractivity contribution in [2.45, 2.75) is 51.9 Å². The van der Waals surface area contributed by atoms with Gasteiger partial charge in [0, 0.05) is 25.9 Å². The molecule has 6 heteroatoms. The topological polar surface area (TPSA) is 70.2 Å². The highest BCUT2D eigenvalue weighted by atomic mass is 35.5. The molecule has 0 aliphatic carbocycles. The molecule has 5 nitrogen and oxygen atoms in total. The highest BCUT2D eigenvalue weighted by Gasteiger charge is 2.12. The molecular formula is C15H30ClN3O2. The minimum absolute atomic E-state index is 0. The molecule has 0 saturated carbocycles. The molecule has 21 heavy (non-hydrogen) atoms. The second-order valence-corrected chi connectivity index (χ2v) is 5.55. The molecule has 0 aromatic rings. The lowest BCUT2D eigenvalue weighted by Crippen LogP contribution is -2.33. The average molecular weight is 320 g/mol. The van der Waals surface area contributed by atoms with E-state index in [1.54, 1.807) is 0 Å². The number of carbonyl (C=O) groups is 2. The number of piperidine rings is 1. The van der Waals surface area contributed by atoms with E-state index in [1.165, 1.54) is 12.8 Å². The monoisotopic (exact) mass is 319 g/mol. The summed E-state index contributed by atoms with van der Waals surface area (Å²) in [5.41, 5.74) is 0. The first-order valence-corrected chi connectivity index (χ1v) is 7.96. The van der Waals surface area contributed by atoms with E-state index in [4.69, 9.17) is 0 Å². The Morgan fingerprint density at radius 1 is 1.14 bits per heavy atom. The van der Waals surface area contributed by atoms with Crippen LogP contribution in [0.1, 0.15) is 51.9 Å². The third-order valence-electron chi connectivity index (χ3n) is 3.65. The number of carbonyl (C=O) groups excluding carboxylic acids is 2. The number of hydrogen-bond acceptors (Lipinski definition) is 3. The van der Waals surface area contributed by atoms with Crippen LogP contribution in [0, 0.1) is 5.92 Å². The van der Waals surface area contributed by atoms with Crippen LogP contribution in [-0.4, -0.2) is 38.0 Å². The van der Waals surface area contributed by atoms with E-state index in [0.717, 1.165) is 39.0 Å². The molecule has 2 amide bonds. The Hall–Kier alpha value is -0.810. The lowest BCUT2D eigenvalue weighted by atomic mass is 9.96. The van der Waals surface area contributed by atoms with Crippen LogP contribution in [0.3, 0.4) is 0 Å². The van der Waals surface area contributed by atoms with E-state index in [-0.39, 0.29) is 24.2 Å². The Balaban J connectivity index is 0.00000400. The van der Waals surface area contributed by atoms with Gasteiger partial charge >= 0.3 is 0 Å². The smallest absolute Gasteiger partial charge is 0.220 e. The van der Waals surface area contributed by atoms with Crippen LogP contribution < -0.4 is 16.0 Å². The molecule has 1 rings (SSSR count).